The normalized spacial score (nSPS) is 27.8. The number of hydrogen-bond donors (Lipinski definition) is 1. The summed E-state index contributed by atoms with van der Waals surface area (Å²) in [6, 6.07) is 5.68. The van der Waals surface area contributed by atoms with Gasteiger partial charge in [-0.25, -0.2) is 4.39 Å². The smallest absolute Gasteiger partial charge is 0.125 e. The van der Waals surface area contributed by atoms with Crippen LogP contribution in [-0.2, 0) is 6.42 Å². The van der Waals surface area contributed by atoms with E-state index in [1.54, 1.807) is 12.1 Å². The molecular weight excluding hydrogens is 203 g/mol. The minimum Gasteiger partial charge on any atom is -0.368 e. The van der Waals surface area contributed by atoms with Crippen LogP contribution in [-0.4, -0.2) is 19.1 Å². The number of nitrogens with two attached hydrogens (primary N) is 1. The van der Waals surface area contributed by atoms with Gasteiger partial charge < -0.3 is 10.6 Å². The molecule has 1 fully saturated rings. The Labute approximate surface area is 95.2 Å². The fraction of sp³-hybridized carbons (Fsp3) is 0.538. The maximum atomic E-state index is 13.2. The molecule has 0 aliphatic carbocycles. The van der Waals surface area contributed by atoms with Gasteiger partial charge in [0.1, 0.15) is 5.82 Å². The first-order valence-electron chi connectivity index (χ1n) is 6.04. The molecule has 0 saturated carbocycles. The van der Waals surface area contributed by atoms with E-state index in [0.29, 0.717) is 12.0 Å². The Morgan fingerprint density at radius 1 is 1.44 bits per heavy atom. The van der Waals surface area contributed by atoms with E-state index >= 15 is 0 Å². The Bertz CT molecular complexity index is 405. The summed E-state index contributed by atoms with van der Waals surface area (Å²) in [7, 11) is 0. The highest BCUT2D eigenvalue weighted by Crippen LogP contribution is 2.39. The van der Waals surface area contributed by atoms with E-state index in [9.17, 15) is 4.39 Å². The molecule has 1 aromatic rings. The summed E-state index contributed by atoms with van der Waals surface area (Å²) in [5.41, 5.74) is 8.21. The molecule has 1 aromatic carbocycles. The maximum absolute atomic E-state index is 13.2. The minimum absolute atomic E-state index is 0.130. The van der Waals surface area contributed by atoms with Crippen molar-refractivity contribution >= 4 is 5.69 Å². The third-order valence-electron chi connectivity index (χ3n) is 4.01. The predicted molar refractivity (Wildman–Crippen MR) is 63.0 cm³/mol. The van der Waals surface area contributed by atoms with Crippen LogP contribution in [0.3, 0.4) is 0 Å². The summed E-state index contributed by atoms with van der Waals surface area (Å²) in [5, 5.41) is 0. The van der Waals surface area contributed by atoms with Gasteiger partial charge in [-0.05, 0) is 49.4 Å². The van der Waals surface area contributed by atoms with Crippen molar-refractivity contribution in [3.63, 3.8) is 0 Å². The molecule has 2 nitrogen and oxygen atoms in total. The number of anilines is 1. The van der Waals surface area contributed by atoms with Crippen LogP contribution >= 0.6 is 0 Å². The number of rotatable bonds is 1. The van der Waals surface area contributed by atoms with E-state index in [4.69, 9.17) is 5.73 Å². The number of hydrogen-bond acceptors (Lipinski definition) is 2. The van der Waals surface area contributed by atoms with E-state index in [-0.39, 0.29) is 5.82 Å². The van der Waals surface area contributed by atoms with Crippen molar-refractivity contribution in [2.45, 2.75) is 25.3 Å². The van der Waals surface area contributed by atoms with Crippen LogP contribution in [0.15, 0.2) is 18.2 Å². The average molecular weight is 220 g/mol. The van der Waals surface area contributed by atoms with Crippen molar-refractivity contribution in [1.29, 1.82) is 0 Å². The monoisotopic (exact) mass is 220 g/mol. The van der Waals surface area contributed by atoms with Gasteiger partial charge >= 0.3 is 0 Å². The number of halogens is 1. The van der Waals surface area contributed by atoms with Crippen molar-refractivity contribution in [2.24, 2.45) is 11.7 Å². The second-order valence-corrected chi connectivity index (χ2v) is 4.88. The van der Waals surface area contributed by atoms with E-state index in [1.165, 1.54) is 18.4 Å². The van der Waals surface area contributed by atoms with Crippen molar-refractivity contribution in [2.75, 3.05) is 18.0 Å². The van der Waals surface area contributed by atoms with Gasteiger partial charge in [0, 0.05) is 18.3 Å². The van der Waals surface area contributed by atoms with Crippen molar-refractivity contribution in [1.82, 2.24) is 0 Å². The maximum Gasteiger partial charge on any atom is 0.125 e. The van der Waals surface area contributed by atoms with Crippen LogP contribution in [0.5, 0.6) is 0 Å². The Hall–Kier alpha value is -1.09. The second kappa shape index (κ2) is 3.74. The highest BCUT2D eigenvalue weighted by molar-refractivity contribution is 5.60. The lowest BCUT2D eigenvalue weighted by molar-refractivity contribution is 0.339. The number of benzene rings is 1. The fourth-order valence-electron chi connectivity index (χ4n) is 3.19. The molecular formula is C13H17FN2. The van der Waals surface area contributed by atoms with E-state index in [0.717, 1.165) is 25.2 Å². The highest BCUT2D eigenvalue weighted by atomic mass is 19.1. The summed E-state index contributed by atoms with van der Waals surface area (Å²) in [5.74, 6) is 0.443. The molecule has 0 aromatic heterocycles. The van der Waals surface area contributed by atoms with Gasteiger partial charge in [0.05, 0.1) is 0 Å². The molecule has 1 saturated heterocycles. The Kier molecular flexibility index (Phi) is 2.36. The lowest BCUT2D eigenvalue weighted by Crippen LogP contribution is -2.45. The zero-order chi connectivity index (χ0) is 11.1. The summed E-state index contributed by atoms with van der Waals surface area (Å²) >= 11 is 0. The number of fused-ring (bicyclic) bond motifs is 3. The molecule has 3 rings (SSSR count). The quantitative estimate of drug-likeness (QED) is 0.783. The van der Waals surface area contributed by atoms with Crippen LogP contribution in [0.25, 0.3) is 0 Å². The molecule has 0 radical (unpaired) electrons. The van der Waals surface area contributed by atoms with E-state index in [2.05, 4.69) is 4.90 Å². The van der Waals surface area contributed by atoms with Crippen LogP contribution in [0.2, 0.25) is 0 Å². The highest BCUT2D eigenvalue weighted by Gasteiger charge is 2.36. The van der Waals surface area contributed by atoms with Crippen molar-refractivity contribution < 1.29 is 4.39 Å². The standard InChI is InChI=1S/C13H17FN2/c14-11-4-3-9-6-12-10(8-15)2-1-5-16(12)13(9)7-11/h3-4,7,10,12H,1-2,5-6,8,15H2. The molecule has 3 heteroatoms. The molecule has 0 bridgehead atoms. The number of piperidine rings is 1. The van der Waals surface area contributed by atoms with Gasteiger partial charge in [-0.15, -0.1) is 0 Å². The topological polar surface area (TPSA) is 29.3 Å². The van der Waals surface area contributed by atoms with Crippen molar-refractivity contribution in [3.8, 4) is 0 Å². The van der Waals surface area contributed by atoms with Gasteiger partial charge in [-0.3, -0.25) is 0 Å². The van der Waals surface area contributed by atoms with Crippen LogP contribution in [0.1, 0.15) is 18.4 Å². The van der Waals surface area contributed by atoms with E-state index in [1.807, 2.05) is 6.07 Å². The molecule has 2 aliphatic heterocycles. The Balaban J connectivity index is 1.97. The van der Waals surface area contributed by atoms with Gasteiger partial charge in [0.25, 0.3) is 0 Å². The van der Waals surface area contributed by atoms with Gasteiger partial charge in [0.15, 0.2) is 0 Å². The SMILES string of the molecule is NCC1CCCN2c3cc(F)ccc3CC12. The summed E-state index contributed by atoms with van der Waals surface area (Å²) < 4.78 is 13.2. The third-order valence-corrected chi connectivity index (χ3v) is 4.01. The third kappa shape index (κ3) is 1.42. The Morgan fingerprint density at radius 2 is 2.31 bits per heavy atom. The summed E-state index contributed by atoms with van der Waals surface area (Å²) in [6.07, 6.45) is 3.43. The van der Waals surface area contributed by atoms with Crippen LogP contribution in [0, 0.1) is 11.7 Å². The molecule has 0 spiro atoms. The minimum atomic E-state index is -0.130. The predicted octanol–water partition coefficient (Wildman–Crippen LogP) is 1.93. The molecule has 2 heterocycles. The van der Waals surface area contributed by atoms with Crippen LogP contribution < -0.4 is 10.6 Å². The summed E-state index contributed by atoms with van der Waals surface area (Å²) in [6.45, 7) is 1.80. The average Bonchev–Trinajstić information content (AvgIpc) is 2.67. The lowest BCUT2D eigenvalue weighted by Gasteiger charge is -2.38. The first-order valence-corrected chi connectivity index (χ1v) is 6.04. The van der Waals surface area contributed by atoms with Gasteiger partial charge in [0.2, 0.25) is 0 Å². The summed E-state index contributed by atoms with van der Waals surface area (Å²) in [4.78, 5) is 2.36. The molecule has 2 aliphatic rings. The van der Waals surface area contributed by atoms with Gasteiger partial charge in [-0.2, -0.15) is 0 Å². The first kappa shape index (κ1) is 10.1. The first-order chi connectivity index (χ1) is 7.79. The lowest BCUT2D eigenvalue weighted by atomic mass is 9.89. The largest absolute Gasteiger partial charge is 0.368 e. The molecule has 16 heavy (non-hydrogen) atoms. The molecule has 2 atom stereocenters. The molecule has 86 valence electrons. The zero-order valence-corrected chi connectivity index (χ0v) is 9.32. The zero-order valence-electron chi connectivity index (χ0n) is 9.32. The van der Waals surface area contributed by atoms with E-state index < -0.39 is 0 Å². The number of nitrogens with zero attached hydrogens (tertiary/aromatic N) is 1. The van der Waals surface area contributed by atoms with Crippen LogP contribution in [0.4, 0.5) is 10.1 Å². The van der Waals surface area contributed by atoms with Crippen molar-refractivity contribution in [3.05, 3.63) is 29.6 Å². The van der Waals surface area contributed by atoms with Gasteiger partial charge in [-0.1, -0.05) is 6.07 Å². The second-order valence-electron chi connectivity index (χ2n) is 4.88. The molecule has 2 unspecified atom stereocenters. The fourth-order valence-corrected chi connectivity index (χ4v) is 3.19. The Morgan fingerprint density at radius 3 is 3.12 bits per heavy atom. The molecule has 2 N–H and O–H groups in total. The molecule has 0 amide bonds.